The van der Waals surface area contributed by atoms with Crippen LogP contribution in [0.4, 0.5) is 4.39 Å². The van der Waals surface area contributed by atoms with Crippen LogP contribution < -0.4 is 10.1 Å². The summed E-state index contributed by atoms with van der Waals surface area (Å²) in [5, 5.41) is 2.72. The number of rotatable bonds is 9. The molecule has 184 valence electrons. The van der Waals surface area contributed by atoms with Crippen LogP contribution >= 0.6 is 0 Å². The predicted molar refractivity (Wildman–Crippen MR) is 135 cm³/mol. The Morgan fingerprint density at radius 2 is 1.66 bits per heavy atom. The number of halogens is 1. The first-order valence-corrected chi connectivity index (χ1v) is 11.8. The predicted octanol–water partition coefficient (Wildman–Crippen LogP) is 6.48. The van der Waals surface area contributed by atoms with Crippen molar-refractivity contribution >= 4 is 11.9 Å². The third-order valence-electron chi connectivity index (χ3n) is 5.25. The Morgan fingerprint density at radius 3 is 2.26 bits per heavy atom. The molecule has 1 atom stereocenters. The Balaban J connectivity index is 1.58. The second-order valence-corrected chi connectivity index (χ2v) is 9.24. The van der Waals surface area contributed by atoms with Gasteiger partial charge in [0, 0.05) is 17.7 Å². The maximum atomic E-state index is 14.8. The van der Waals surface area contributed by atoms with Crippen molar-refractivity contribution in [1.82, 2.24) is 5.32 Å². The normalized spacial score (nSPS) is 12.0. The van der Waals surface area contributed by atoms with Gasteiger partial charge in [0.1, 0.15) is 23.3 Å². The molecule has 0 aliphatic heterocycles. The van der Waals surface area contributed by atoms with Crippen molar-refractivity contribution in [1.29, 1.82) is 0 Å². The van der Waals surface area contributed by atoms with Crippen LogP contribution in [-0.4, -0.2) is 24.0 Å². The number of amides is 1. The Hall–Kier alpha value is -3.67. The Kier molecular flexibility index (Phi) is 8.63. The molecule has 5 nitrogen and oxygen atoms in total. The molecule has 1 N–H and O–H groups in total. The van der Waals surface area contributed by atoms with E-state index in [1.165, 1.54) is 6.07 Å². The van der Waals surface area contributed by atoms with Gasteiger partial charge in [-0.3, -0.25) is 9.59 Å². The molecule has 0 aromatic heterocycles. The van der Waals surface area contributed by atoms with E-state index in [9.17, 15) is 14.0 Å². The zero-order valence-electron chi connectivity index (χ0n) is 20.6. The lowest BCUT2D eigenvalue weighted by molar-refractivity contribution is -0.154. The van der Waals surface area contributed by atoms with Gasteiger partial charge in [0.2, 0.25) is 0 Å². The van der Waals surface area contributed by atoms with E-state index < -0.39 is 5.60 Å². The number of hydrogen-bond acceptors (Lipinski definition) is 4. The van der Waals surface area contributed by atoms with Crippen LogP contribution in [0.2, 0.25) is 0 Å². The summed E-state index contributed by atoms with van der Waals surface area (Å²) in [6.45, 7) is 7.56. The zero-order valence-corrected chi connectivity index (χ0v) is 20.6. The third-order valence-corrected chi connectivity index (χ3v) is 5.25. The molecule has 6 heteroatoms. The van der Waals surface area contributed by atoms with Crippen molar-refractivity contribution in [2.45, 2.75) is 52.2 Å². The van der Waals surface area contributed by atoms with Gasteiger partial charge < -0.3 is 14.8 Å². The summed E-state index contributed by atoms with van der Waals surface area (Å²) in [4.78, 5) is 24.1. The van der Waals surface area contributed by atoms with Gasteiger partial charge in [-0.25, -0.2) is 4.39 Å². The molecular weight excluding hydrogens is 445 g/mol. The number of hydrogen-bond donors (Lipinski definition) is 1. The van der Waals surface area contributed by atoms with E-state index >= 15 is 0 Å². The number of esters is 1. The topological polar surface area (TPSA) is 64.6 Å². The van der Waals surface area contributed by atoms with E-state index in [-0.39, 0.29) is 36.8 Å². The van der Waals surface area contributed by atoms with E-state index in [0.717, 1.165) is 11.1 Å². The van der Waals surface area contributed by atoms with Crippen molar-refractivity contribution in [2.24, 2.45) is 0 Å². The molecule has 0 heterocycles. The number of ether oxygens (including phenoxy) is 2. The van der Waals surface area contributed by atoms with Crippen molar-refractivity contribution in [3.05, 3.63) is 89.7 Å². The Labute approximate surface area is 206 Å². The minimum atomic E-state index is -0.553. The summed E-state index contributed by atoms with van der Waals surface area (Å²) in [6.07, 6.45) is 0.418. The van der Waals surface area contributed by atoms with Crippen LogP contribution in [0.3, 0.4) is 0 Å². The summed E-state index contributed by atoms with van der Waals surface area (Å²) in [5.74, 6) is -0.366. The SMILES string of the molecule is CCC(Oc1ccc(C(=O)NCCC(=O)OC(C)(C)C)cc1)c1ccc(-c2ccccc2)c(F)c1. The molecule has 1 unspecified atom stereocenters. The summed E-state index contributed by atoms with van der Waals surface area (Å²) in [7, 11) is 0. The summed E-state index contributed by atoms with van der Waals surface area (Å²) in [6, 6.07) is 21.3. The first-order chi connectivity index (χ1) is 16.7. The van der Waals surface area contributed by atoms with Gasteiger partial charge in [0.05, 0.1) is 6.42 Å². The monoisotopic (exact) mass is 477 g/mol. The van der Waals surface area contributed by atoms with E-state index in [1.807, 2.05) is 43.3 Å². The van der Waals surface area contributed by atoms with Crippen LogP contribution in [-0.2, 0) is 9.53 Å². The number of carbonyl (C=O) groups excluding carboxylic acids is 2. The highest BCUT2D eigenvalue weighted by Gasteiger charge is 2.17. The first kappa shape index (κ1) is 25.9. The van der Waals surface area contributed by atoms with Gasteiger partial charge in [-0.15, -0.1) is 0 Å². The number of benzene rings is 3. The van der Waals surface area contributed by atoms with Crippen LogP contribution in [0.25, 0.3) is 11.1 Å². The fourth-order valence-electron chi connectivity index (χ4n) is 3.59. The molecule has 0 spiro atoms. The van der Waals surface area contributed by atoms with Crippen molar-refractivity contribution in [3.8, 4) is 16.9 Å². The molecule has 0 aliphatic carbocycles. The molecular formula is C29H32FNO4. The Morgan fingerprint density at radius 1 is 0.971 bits per heavy atom. The lowest BCUT2D eigenvalue weighted by atomic mass is 10.00. The molecule has 0 radical (unpaired) electrons. The maximum absolute atomic E-state index is 14.8. The second-order valence-electron chi connectivity index (χ2n) is 9.24. The fourth-order valence-corrected chi connectivity index (χ4v) is 3.59. The van der Waals surface area contributed by atoms with Crippen LogP contribution in [0, 0.1) is 5.82 Å². The summed E-state index contributed by atoms with van der Waals surface area (Å²) < 4.78 is 26.1. The van der Waals surface area contributed by atoms with Gasteiger partial charge >= 0.3 is 5.97 Å². The second kappa shape index (κ2) is 11.6. The smallest absolute Gasteiger partial charge is 0.308 e. The molecule has 35 heavy (non-hydrogen) atoms. The van der Waals surface area contributed by atoms with Crippen LogP contribution in [0.5, 0.6) is 5.75 Å². The van der Waals surface area contributed by atoms with Crippen molar-refractivity contribution in [3.63, 3.8) is 0 Å². The van der Waals surface area contributed by atoms with Gasteiger partial charge in [0.25, 0.3) is 5.91 Å². The third kappa shape index (κ3) is 7.67. The highest BCUT2D eigenvalue weighted by Crippen LogP contribution is 2.29. The molecule has 0 saturated carbocycles. The van der Waals surface area contributed by atoms with Gasteiger partial charge in [-0.1, -0.05) is 49.4 Å². The first-order valence-electron chi connectivity index (χ1n) is 11.8. The molecule has 0 bridgehead atoms. The maximum Gasteiger partial charge on any atom is 0.308 e. The summed E-state index contributed by atoms with van der Waals surface area (Å²) >= 11 is 0. The summed E-state index contributed by atoms with van der Waals surface area (Å²) in [5.41, 5.74) is 2.02. The van der Waals surface area contributed by atoms with E-state index in [2.05, 4.69) is 5.32 Å². The molecule has 3 rings (SSSR count). The van der Waals surface area contributed by atoms with Crippen molar-refractivity contribution in [2.75, 3.05) is 6.54 Å². The van der Waals surface area contributed by atoms with Crippen LogP contribution in [0.1, 0.15) is 62.6 Å². The molecule has 3 aromatic carbocycles. The fraction of sp³-hybridized carbons (Fsp3) is 0.310. The van der Waals surface area contributed by atoms with Crippen molar-refractivity contribution < 1.29 is 23.5 Å². The highest BCUT2D eigenvalue weighted by atomic mass is 19.1. The number of nitrogens with one attached hydrogen (secondary N) is 1. The lowest BCUT2D eigenvalue weighted by Gasteiger charge is -2.19. The minimum absolute atomic E-state index is 0.0992. The number of carbonyl (C=O) groups is 2. The lowest BCUT2D eigenvalue weighted by Crippen LogP contribution is -2.29. The zero-order chi connectivity index (χ0) is 25.4. The van der Waals surface area contributed by atoms with Crippen LogP contribution in [0.15, 0.2) is 72.8 Å². The van der Waals surface area contributed by atoms with Gasteiger partial charge in [0.15, 0.2) is 0 Å². The molecule has 0 fully saturated rings. The molecule has 0 saturated heterocycles. The average molecular weight is 478 g/mol. The largest absolute Gasteiger partial charge is 0.486 e. The van der Waals surface area contributed by atoms with E-state index in [0.29, 0.717) is 23.3 Å². The standard InChI is InChI=1S/C29H32FNO4/c1-5-26(22-13-16-24(25(30)19-22)20-9-7-6-8-10-20)34-23-14-11-21(12-15-23)28(33)31-18-17-27(32)35-29(2,3)4/h6-16,19,26H,5,17-18H2,1-4H3,(H,31,33). The molecule has 3 aromatic rings. The molecule has 1 amide bonds. The van der Waals surface area contributed by atoms with Gasteiger partial charge in [-0.2, -0.15) is 0 Å². The average Bonchev–Trinajstić information content (AvgIpc) is 2.82. The van der Waals surface area contributed by atoms with Gasteiger partial charge in [-0.05, 0) is 68.7 Å². The van der Waals surface area contributed by atoms with E-state index in [1.54, 1.807) is 51.1 Å². The van der Waals surface area contributed by atoms with E-state index in [4.69, 9.17) is 9.47 Å². The molecule has 0 aliphatic rings. The minimum Gasteiger partial charge on any atom is -0.486 e. The highest BCUT2D eigenvalue weighted by molar-refractivity contribution is 5.94. The quantitative estimate of drug-likeness (QED) is 0.358. The Bertz CT molecular complexity index is 1140.